The molecule has 1 aliphatic carbocycles. The Morgan fingerprint density at radius 3 is 2.53 bits per heavy atom. The molecule has 0 radical (unpaired) electrons. The molecule has 0 unspecified atom stereocenters. The third-order valence-corrected chi connectivity index (χ3v) is 3.35. The fourth-order valence-electron chi connectivity index (χ4n) is 2.49. The maximum Gasteiger partial charge on any atom is 0.247 e. The smallest absolute Gasteiger partial charge is 0.247 e. The Morgan fingerprint density at radius 2 is 1.94 bits per heavy atom. The maximum absolute atomic E-state index is 11.8. The molecular formula is C13H15NO3. The summed E-state index contributed by atoms with van der Waals surface area (Å²) in [5, 5.41) is 11.2. The van der Waals surface area contributed by atoms with E-state index in [1.807, 2.05) is 6.07 Å². The van der Waals surface area contributed by atoms with Gasteiger partial charge in [0.15, 0.2) is 0 Å². The summed E-state index contributed by atoms with van der Waals surface area (Å²) in [5.41, 5.74) is 0.637. The van der Waals surface area contributed by atoms with Crippen LogP contribution >= 0.6 is 0 Å². The highest BCUT2D eigenvalue weighted by molar-refractivity contribution is 5.82. The van der Waals surface area contributed by atoms with E-state index in [1.165, 1.54) is 0 Å². The summed E-state index contributed by atoms with van der Waals surface area (Å²) >= 11 is 0. The number of nitro groups is 1. The highest BCUT2D eigenvalue weighted by Gasteiger charge is 2.38. The lowest BCUT2D eigenvalue weighted by Gasteiger charge is -2.23. The minimum atomic E-state index is -0.871. The van der Waals surface area contributed by atoms with Crippen molar-refractivity contribution in [2.24, 2.45) is 5.92 Å². The highest BCUT2D eigenvalue weighted by atomic mass is 16.6. The fraction of sp³-hybridized carbons (Fsp3) is 0.462. The first-order chi connectivity index (χ1) is 8.20. The topological polar surface area (TPSA) is 60.2 Å². The molecular weight excluding hydrogens is 218 g/mol. The number of carbonyl (C=O) groups is 1. The summed E-state index contributed by atoms with van der Waals surface area (Å²) in [6.07, 6.45) is 2.91. The maximum atomic E-state index is 11.8. The molecule has 1 aromatic rings. The minimum Gasteiger partial charge on any atom is -0.299 e. The van der Waals surface area contributed by atoms with E-state index in [0.29, 0.717) is 18.4 Å². The number of Topliss-reactive ketones (excluding diaryl/α,β-unsaturated/α-hetero) is 1. The van der Waals surface area contributed by atoms with Crippen LogP contribution in [-0.4, -0.2) is 10.7 Å². The van der Waals surface area contributed by atoms with Crippen LogP contribution in [0, 0.1) is 16.0 Å². The SMILES string of the molecule is O=C1CCCC[C@H]1[C@H](c1ccccc1)[N+](=O)[O-]. The van der Waals surface area contributed by atoms with E-state index < -0.39 is 12.0 Å². The summed E-state index contributed by atoms with van der Waals surface area (Å²) in [6.45, 7) is 0. The van der Waals surface area contributed by atoms with Gasteiger partial charge in [-0.05, 0) is 12.8 Å². The number of rotatable bonds is 3. The normalized spacial score (nSPS) is 22.1. The van der Waals surface area contributed by atoms with Crippen LogP contribution in [0.3, 0.4) is 0 Å². The van der Waals surface area contributed by atoms with E-state index >= 15 is 0 Å². The molecule has 0 spiro atoms. The molecule has 1 fully saturated rings. The van der Waals surface area contributed by atoms with Gasteiger partial charge in [0.2, 0.25) is 6.04 Å². The largest absolute Gasteiger partial charge is 0.299 e. The van der Waals surface area contributed by atoms with Crippen LogP contribution in [0.25, 0.3) is 0 Å². The Bertz CT molecular complexity index is 416. The summed E-state index contributed by atoms with van der Waals surface area (Å²) in [5.74, 6) is -0.400. The van der Waals surface area contributed by atoms with Crippen LogP contribution < -0.4 is 0 Å². The van der Waals surface area contributed by atoms with Crippen molar-refractivity contribution in [1.29, 1.82) is 0 Å². The molecule has 1 aliphatic rings. The molecule has 4 nitrogen and oxygen atoms in total. The number of nitrogens with zero attached hydrogens (tertiary/aromatic N) is 1. The molecule has 2 atom stereocenters. The van der Waals surface area contributed by atoms with Crippen LogP contribution in [0.2, 0.25) is 0 Å². The Balaban J connectivity index is 2.29. The van der Waals surface area contributed by atoms with E-state index in [2.05, 4.69) is 0 Å². The van der Waals surface area contributed by atoms with E-state index in [9.17, 15) is 14.9 Å². The Morgan fingerprint density at radius 1 is 1.24 bits per heavy atom. The first-order valence-corrected chi connectivity index (χ1v) is 5.91. The molecule has 4 heteroatoms. The molecule has 90 valence electrons. The zero-order chi connectivity index (χ0) is 12.3. The van der Waals surface area contributed by atoms with Gasteiger partial charge < -0.3 is 0 Å². The summed E-state index contributed by atoms with van der Waals surface area (Å²) in [4.78, 5) is 22.7. The first kappa shape index (κ1) is 11.8. The van der Waals surface area contributed by atoms with Crippen molar-refractivity contribution in [2.75, 3.05) is 0 Å². The van der Waals surface area contributed by atoms with Crippen molar-refractivity contribution in [1.82, 2.24) is 0 Å². The number of hydrogen-bond acceptors (Lipinski definition) is 3. The molecule has 17 heavy (non-hydrogen) atoms. The Kier molecular flexibility index (Phi) is 3.52. The molecule has 0 heterocycles. The number of benzene rings is 1. The average Bonchev–Trinajstić information content (AvgIpc) is 2.33. The van der Waals surface area contributed by atoms with Crippen molar-refractivity contribution in [3.63, 3.8) is 0 Å². The van der Waals surface area contributed by atoms with Crippen molar-refractivity contribution >= 4 is 5.78 Å². The van der Waals surface area contributed by atoms with E-state index in [4.69, 9.17) is 0 Å². The lowest BCUT2D eigenvalue weighted by molar-refractivity contribution is -0.536. The standard InChI is InChI=1S/C13H15NO3/c15-12-9-5-4-8-11(12)13(14(16)17)10-6-2-1-3-7-10/h1-3,6-7,11,13H,4-5,8-9H2/t11-,13+/m1/s1. The molecule has 1 saturated carbocycles. The van der Waals surface area contributed by atoms with Gasteiger partial charge >= 0.3 is 0 Å². The fourth-order valence-corrected chi connectivity index (χ4v) is 2.49. The lowest BCUT2D eigenvalue weighted by atomic mass is 9.80. The van der Waals surface area contributed by atoms with Gasteiger partial charge in [0.1, 0.15) is 5.78 Å². The van der Waals surface area contributed by atoms with Crippen molar-refractivity contribution in [3.05, 3.63) is 46.0 Å². The van der Waals surface area contributed by atoms with Crippen LogP contribution in [0.1, 0.15) is 37.3 Å². The van der Waals surface area contributed by atoms with Gasteiger partial charge in [-0.3, -0.25) is 14.9 Å². The van der Waals surface area contributed by atoms with Crippen LogP contribution in [0.15, 0.2) is 30.3 Å². The Labute approximate surface area is 99.8 Å². The van der Waals surface area contributed by atoms with Crippen LogP contribution in [0.5, 0.6) is 0 Å². The molecule has 0 amide bonds. The van der Waals surface area contributed by atoms with Gasteiger partial charge in [-0.2, -0.15) is 0 Å². The van der Waals surface area contributed by atoms with Gasteiger partial charge in [-0.25, -0.2) is 0 Å². The summed E-state index contributed by atoms with van der Waals surface area (Å²) in [6, 6.07) is 7.97. The van der Waals surface area contributed by atoms with Gasteiger partial charge in [0.25, 0.3) is 0 Å². The Hall–Kier alpha value is -1.71. The van der Waals surface area contributed by atoms with Crippen molar-refractivity contribution < 1.29 is 9.72 Å². The van der Waals surface area contributed by atoms with E-state index in [-0.39, 0.29) is 10.7 Å². The third kappa shape index (κ3) is 2.52. The highest BCUT2D eigenvalue weighted by Crippen LogP contribution is 2.34. The van der Waals surface area contributed by atoms with Gasteiger partial charge in [-0.15, -0.1) is 0 Å². The van der Waals surface area contributed by atoms with E-state index in [0.717, 1.165) is 12.8 Å². The zero-order valence-corrected chi connectivity index (χ0v) is 9.54. The van der Waals surface area contributed by atoms with Crippen molar-refractivity contribution in [3.8, 4) is 0 Å². The molecule has 0 N–H and O–H groups in total. The molecule has 0 bridgehead atoms. The number of carbonyl (C=O) groups excluding carboxylic acids is 1. The van der Waals surface area contributed by atoms with Crippen LogP contribution in [-0.2, 0) is 4.79 Å². The van der Waals surface area contributed by atoms with Gasteiger partial charge in [0, 0.05) is 16.9 Å². The second-order valence-electron chi connectivity index (χ2n) is 4.46. The first-order valence-electron chi connectivity index (χ1n) is 5.91. The van der Waals surface area contributed by atoms with Crippen molar-refractivity contribution in [2.45, 2.75) is 31.7 Å². The number of hydrogen-bond donors (Lipinski definition) is 0. The van der Waals surface area contributed by atoms with Crippen LogP contribution in [0.4, 0.5) is 0 Å². The van der Waals surface area contributed by atoms with Gasteiger partial charge in [0.05, 0.1) is 5.92 Å². The molecule has 2 rings (SSSR count). The zero-order valence-electron chi connectivity index (χ0n) is 9.54. The average molecular weight is 233 g/mol. The molecule has 1 aromatic carbocycles. The monoisotopic (exact) mass is 233 g/mol. The van der Waals surface area contributed by atoms with Gasteiger partial charge in [-0.1, -0.05) is 36.8 Å². The molecule has 0 aliphatic heterocycles. The molecule has 0 aromatic heterocycles. The second-order valence-corrected chi connectivity index (χ2v) is 4.46. The second kappa shape index (κ2) is 5.08. The summed E-state index contributed by atoms with van der Waals surface area (Å²) < 4.78 is 0. The predicted molar refractivity (Wildman–Crippen MR) is 63.1 cm³/mol. The predicted octanol–water partition coefficient (Wildman–Crippen LogP) is 2.76. The molecule has 0 saturated heterocycles. The summed E-state index contributed by atoms with van der Waals surface area (Å²) in [7, 11) is 0. The lowest BCUT2D eigenvalue weighted by Crippen LogP contribution is -2.30. The third-order valence-electron chi connectivity index (χ3n) is 3.35. The minimum absolute atomic E-state index is 0.0433. The quantitative estimate of drug-likeness (QED) is 0.595. The van der Waals surface area contributed by atoms with E-state index in [1.54, 1.807) is 24.3 Å². The number of ketones is 1.